The second-order valence-electron chi connectivity index (χ2n) is 8.94. The van der Waals surface area contributed by atoms with E-state index in [-0.39, 0.29) is 46.0 Å². The highest BCUT2D eigenvalue weighted by Crippen LogP contribution is 2.37. The molecule has 0 saturated heterocycles. The van der Waals surface area contributed by atoms with Gasteiger partial charge in [-0.25, -0.2) is 14.4 Å². The Balaban J connectivity index is 1.95. The highest BCUT2D eigenvalue weighted by molar-refractivity contribution is 5.92. The van der Waals surface area contributed by atoms with Crippen molar-refractivity contribution in [1.29, 1.82) is 0 Å². The molecule has 0 aliphatic rings. The quantitative estimate of drug-likeness (QED) is 0.109. The first-order valence-electron chi connectivity index (χ1n) is 12.1. The zero-order chi connectivity index (χ0) is 30.3. The molecular formula is C32H26F2O7. The van der Waals surface area contributed by atoms with E-state index in [1.165, 1.54) is 39.0 Å². The predicted molar refractivity (Wildman–Crippen MR) is 150 cm³/mol. The Hall–Kier alpha value is -5.31. The third kappa shape index (κ3) is 8.09. The lowest BCUT2D eigenvalue weighted by molar-refractivity contribution is -0.132. The summed E-state index contributed by atoms with van der Waals surface area (Å²) >= 11 is 0. The van der Waals surface area contributed by atoms with Gasteiger partial charge in [0.05, 0.1) is 0 Å². The van der Waals surface area contributed by atoms with Crippen LogP contribution in [0.25, 0.3) is 22.3 Å². The maximum Gasteiger partial charge on any atom is 0.338 e. The van der Waals surface area contributed by atoms with Crippen LogP contribution in [-0.2, 0) is 14.4 Å². The average Bonchev–Trinajstić information content (AvgIpc) is 2.93. The lowest BCUT2D eigenvalue weighted by Crippen LogP contribution is -2.12. The van der Waals surface area contributed by atoms with Crippen molar-refractivity contribution in [3.8, 4) is 45.3 Å². The third-order valence-corrected chi connectivity index (χ3v) is 5.37. The van der Waals surface area contributed by atoms with E-state index in [1.807, 2.05) is 0 Å². The molecule has 210 valence electrons. The lowest BCUT2D eigenvalue weighted by atomic mass is 9.99. The summed E-state index contributed by atoms with van der Waals surface area (Å²) in [6, 6.07) is 16.4. The van der Waals surface area contributed by atoms with Crippen molar-refractivity contribution >= 4 is 17.9 Å². The molecule has 0 bridgehead atoms. The van der Waals surface area contributed by atoms with Gasteiger partial charge >= 0.3 is 24.0 Å². The van der Waals surface area contributed by atoms with E-state index in [0.717, 1.165) is 5.56 Å². The van der Waals surface area contributed by atoms with E-state index >= 15 is 0 Å². The average molecular weight is 561 g/mol. The van der Waals surface area contributed by atoms with Crippen LogP contribution in [-0.4, -0.2) is 17.9 Å². The zero-order valence-corrected chi connectivity index (χ0v) is 22.6. The van der Waals surface area contributed by atoms with Gasteiger partial charge in [-0.05, 0) is 67.3 Å². The monoisotopic (exact) mass is 560 g/mol. The number of hydrogen-bond acceptors (Lipinski definition) is 7. The Morgan fingerprint density at radius 1 is 0.561 bits per heavy atom. The van der Waals surface area contributed by atoms with Crippen molar-refractivity contribution in [2.24, 2.45) is 0 Å². The van der Waals surface area contributed by atoms with Crippen LogP contribution < -0.4 is 18.9 Å². The number of carbonyl (C=O) groups is 3. The molecule has 41 heavy (non-hydrogen) atoms. The van der Waals surface area contributed by atoms with Crippen molar-refractivity contribution in [2.75, 3.05) is 0 Å². The van der Waals surface area contributed by atoms with Gasteiger partial charge in [0, 0.05) is 16.7 Å². The van der Waals surface area contributed by atoms with E-state index in [2.05, 4.69) is 19.7 Å². The first kappa shape index (κ1) is 30.2. The maximum absolute atomic E-state index is 12.7. The molecule has 0 spiro atoms. The van der Waals surface area contributed by atoms with Crippen LogP contribution in [0.3, 0.4) is 0 Å². The van der Waals surface area contributed by atoms with Crippen LogP contribution >= 0.6 is 0 Å². The summed E-state index contributed by atoms with van der Waals surface area (Å²) in [6.45, 7) is 15.1. The molecule has 0 amide bonds. The van der Waals surface area contributed by atoms with Crippen molar-refractivity contribution in [1.82, 2.24) is 0 Å². The molecule has 0 heterocycles. The van der Waals surface area contributed by atoms with Gasteiger partial charge in [-0.3, -0.25) is 0 Å². The fourth-order valence-electron chi connectivity index (χ4n) is 3.24. The fraction of sp³-hybridized carbons (Fsp3) is 0.0938. The van der Waals surface area contributed by atoms with Crippen LogP contribution in [0.4, 0.5) is 8.78 Å². The second kappa shape index (κ2) is 13.2. The molecule has 0 aliphatic carbocycles. The Morgan fingerprint density at radius 3 is 1.29 bits per heavy atom. The molecule has 0 N–H and O–H groups in total. The fourth-order valence-corrected chi connectivity index (χ4v) is 3.24. The van der Waals surface area contributed by atoms with Gasteiger partial charge < -0.3 is 18.9 Å². The zero-order valence-electron chi connectivity index (χ0n) is 22.6. The van der Waals surface area contributed by atoms with Gasteiger partial charge in [0.25, 0.3) is 0 Å². The number of rotatable bonds is 10. The SMILES string of the molecule is C=C(C)C(=O)Oc1ccc(-c2ccc(-c3ccc(OC(=O)C(=C)C)c(OC(=O)C(=C)C)c3)cc2)cc1OC=C(F)F. The number of hydrogen-bond donors (Lipinski definition) is 0. The predicted octanol–water partition coefficient (Wildman–Crippen LogP) is 7.58. The largest absolute Gasteiger partial charge is 0.455 e. The number of benzene rings is 3. The van der Waals surface area contributed by atoms with Crippen molar-refractivity contribution < 1.29 is 42.1 Å². The van der Waals surface area contributed by atoms with Gasteiger partial charge in [-0.1, -0.05) is 56.1 Å². The number of ether oxygens (including phenoxy) is 4. The van der Waals surface area contributed by atoms with Crippen molar-refractivity contribution in [2.45, 2.75) is 20.8 Å². The van der Waals surface area contributed by atoms with Crippen molar-refractivity contribution in [3.63, 3.8) is 0 Å². The molecule has 0 aliphatic heterocycles. The summed E-state index contributed by atoms with van der Waals surface area (Å²) in [5.74, 6) is -2.20. The van der Waals surface area contributed by atoms with Gasteiger partial charge in [-0.2, -0.15) is 8.78 Å². The van der Waals surface area contributed by atoms with Gasteiger partial charge in [0.15, 0.2) is 29.3 Å². The lowest BCUT2D eigenvalue weighted by Gasteiger charge is -2.13. The summed E-state index contributed by atoms with van der Waals surface area (Å²) in [7, 11) is 0. The number of esters is 3. The Kier molecular flexibility index (Phi) is 9.71. The van der Waals surface area contributed by atoms with Gasteiger partial charge in [-0.15, -0.1) is 0 Å². The Labute approximate surface area is 235 Å². The van der Waals surface area contributed by atoms with Crippen LogP contribution in [0.15, 0.2) is 109 Å². The van der Waals surface area contributed by atoms with E-state index < -0.39 is 24.0 Å². The normalized spacial score (nSPS) is 10.2. The first-order chi connectivity index (χ1) is 19.3. The van der Waals surface area contributed by atoms with E-state index in [4.69, 9.17) is 18.9 Å². The molecule has 3 aromatic carbocycles. The topological polar surface area (TPSA) is 88.1 Å². The van der Waals surface area contributed by atoms with Gasteiger partial charge in [0.2, 0.25) is 0 Å². The Bertz CT molecular complexity index is 1580. The summed E-state index contributed by atoms with van der Waals surface area (Å²) in [6.07, 6.45) is -1.82. The minimum absolute atomic E-state index is 0.0176. The van der Waals surface area contributed by atoms with Gasteiger partial charge in [0.1, 0.15) is 0 Å². The second-order valence-corrected chi connectivity index (χ2v) is 8.94. The standard InChI is InChI=1S/C32H26F2O7/c1-18(2)30(35)39-25-13-11-23(15-27(25)38-17-29(33)34)21-7-9-22(10-8-21)24-12-14-26(40-31(36)19(3)4)28(16-24)41-32(37)20(5)6/h7-17H,1,3,5H2,2,4,6H3. The van der Waals surface area contributed by atoms with Crippen molar-refractivity contribution in [3.05, 3.63) is 109 Å². The van der Waals surface area contributed by atoms with E-state index in [1.54, 1.807) is 42.5 Å². The maximum atomic E-state index is 12.7. The minimum Gasteiger partial charge on any atom is -0.455 e. The summed E-state index contributed by atoms with van der Waals surface area (Å²) in [5.41, 5.74) is 3.11. The molecule has 0 aromatic heterocycles. The van der Waals surface area contributed by atoms with E-state index in [9.17, 15) is 23.2 Å². The molecule has 0 radical (unpaired) electrons. The van der Waals surface area contributed by atoms with Crippen LogP contribution in [0.2, 0.25) is 0 Å². The highest BCUT2D eigenvalue weighted by atomic mass is 19.3. The highest BCUT2D eigenvalue weighted by Gasteiger charge is 2.17. The molecule has 0 saturated carbocycles. The molecule has 7 nitrogen and oxygen atoms in total. The van der Waals surface area contributed by atoms with Crippen LogP contribution in [0.5, 0.6) is 23.0 Å². The summed E-state index contributed by atoms with van der Waals surface area (Å²) in [5, 5.41) is 0. The van der Waals surface area contributed by atoms with E-state index in [0.29, 0.717) is 16.7 Å². The summed E-state index contributed by atoms with van der Waals surface area (Å²) < 4.78 is 46.3. The Morgan fingerprint density at radius 2 is 0.902 bits per heavy atom. The number of carbonyl (C=O) groups excluding carboxylic acids is 3. The van der Waals surface area contributed by atoms with Crippen LogP contribution in [0.1, 0.15) is 20.8 Å². The summed E-state index contributed by atoms with van der Waals surface area (Å²) in [4.78, 5) is 36.2. The molecule has 9 heteroatoms. The third-order valence-electron chi connectivity index (χ3n) is 5.37. The molecular weight excluding hydrogens is 534 g/mol. The number of halogens is 2. The van der Waals surface area contributed by atoms with Crippen LogP contribution in [0, 0.1) is 0 Å². The molecule has 0 atom stereocenters. The molecule has 3 rings (SSSR count). The minimum atomic E-state index is -2.06. The molecule has 0 fully saturated rings. The molecule has 0 unspecified atom stereocenters. The molecule has 3 aromatic rings. The first-order valence-corrected chi connectivity index (χ1v) is 12.1. The smallest absolute Gasteiger partial charge is 0.338 e.